The molecule has 0 saturated carbocycles. The van der Waals surface area contributed by atoms with Crippen molar-refractivity contribution in [3.8, 4) is 0 Å². The largest absolute Gasteiger partial charge is 1.00 e. The lowest BCUT2D eigenvalue weighted by atomic mass is 10.5. The van der Waals surface area contributed by atoms with Crippen molar-refractivity contribution in [2.24, 2.45) is 5.73 Å². The summed E-state index contributed by atoms with van der Waals surface area (Å²) in [4.78, 5) is 10.1. The minimum atomic E-state index is -0.701. The lowest BCUT2D eigenvalue weighted by molar-refractivity contribution is -0.870. The fourth-order valence-electron chi connectivity index (χ4n) is 0.420. The standard InChI is InChI=1S/C6H14N2O2.H/c1-8(2,3)4-5-10-6(7)9;/h4-5H2,1-3H3,(H-,7,9);/q;-1/p+1. The van der Waals surface area contributed by atoms with Gasteiger partial charge >= 0.3 is 6.09 Å². The number of carbonyl (C=O) groups excluding carboxylic acids is 1. The van der Waals surface area contributed by atoms with E-state index in [1.807, 2.05) is 21.1 Å². The number of ether oxygens (including phenoxy) is 1. The summed E-state index contributed by atoms with van der Waals surface area (Å²) in [6, 6.07) is 0. The molecule has 2 N–H and O–H groups in total. The van der Waals surface area contributed by atoms with E-state index >= 15 is 0 Å². The Labute approximate surface area is 62.6 Å². The molecule has 0 aliphatic carbocycles. The summed E-state index contributed by atoms with van der Waals surface area (Å²) in [5, 5.41) is 0. The van der Waals surface area contributed by atoms with Gasteiger partial charge in [-0.15, -0.1) is 0 Å². The molecule has 0 aliphatic rings. The van der Waals surface area contributed by atoms with E-state index in [4.69, 9.17) is 5.73 Å². The van der Waals surface area contributed by atoms with Crippen LogP contribution < -0.4 is 5.73 Å². The van der Waals surface area contributed by atoms with Crippen LogP contribution in [0.4, 0.5) is 4.79 Å². The predicted octanol–water partition coefficient (Wildman–Crippen LogP) is -0.0996. The van der Waals surface area contributed by atoms with Crippen LogP contribution >= 0.6 is 0 Å². The molecule has 0 aromatic rings. The fourth-order valence-corrected chi connectivity index (χ4v) is 0.420. The predicted molar refractivity (Wildman–Crippen MR) is 39.5 cm³/mol. The second-order valence-electron chi connectivity index (χ2n) is 3.18. The number of quaternary nitrogens is 1. The van der Waals surface area contributed by atoms with E-state index in [-0.39, 0.29) is 1.43 Å². The SMILES string of the molecule is C[N+](C)(C)CCOC(N)=O.[H-]. The van der Waals surface area contributed by atoms with Crippen molar-refractivity contribution in [1.82, 2.24) is 0 Å². The quantitative estimate of drug-likeness (QED) is 0.568. The summed E-state index contributed by atoms with van der Waals surface area (Å²) in [5.74, 6) is 0. The van der Waals surface area contributed by atoms with Crippen molar-refractivity contribution in [2.45, 2.75) is 0 Å². The van der Waals surface area contributed by atoms with Crippen LogP contribution in [0.5, 0.6) is 0 Å². The molecule has 0 spiro atoms. The van der Waals surface area contributed by atoms with Gasteiger partial charge in [-0.3, -0.25) is 0 Å². The Morgan fingerprint density at radius 3 is 2.40 bits per heavy atom. The molecule has 0 bridgehead atoms. The van der Waals surface area contributed by atoms with Crippen molar-refractivity contribution >= 4 is 6.09 Å². The molecule has 4 heteroatoms. The zero-order chi connectivity index (χ0) is 8.20. The second kappa shape index (κ2) is 3.41. The number of rotatable bonds is 3. The monoisotopic (exact) mass is 148 g/mol. The lowest BCUT2D eigenvalue weighted by Crippen LogP contribution is -2.38. The molecule has 10 heavy (non-hydrogen) atoms. The number of primary amides is 1. The maximum Gasteiger partial charge on any atom is 0.404 e. The fraction of sp³-hybridized carbons (Fsp3) is 0.833. The molecule has 4 nitrogen and oxygen atoms in total. The number of likely N-dealkylation sites (N-methyl/N-ethyl adjacent to an activating group) is 1. The Morgan fingerprint density at radius 1 is 1.60 bits per heavy atom. The molecule has 0 saturated heterocycles. The maximum absolute atomic E-state index is 10.1. The van der Waals surface area contributed by atoms with E-state index < -0.39 is 6.09 Å². The van der Waals surface area contributed by atoms with Crippen LogP contribution in [0.25, 0.3) is 0 Å². The summed E-state index contributed by atoms with van der Waals surface area (Å²) < 4.78 is 5.31. The molecule has 0 heterocycles. The Bertz CT molecular complexity index is 122. The van der Waals surface area contributed by atoms with Gasteiger partial charge in [0.25, 0.3) is 0 Å². The first kappa shape index (κ1) is 9.23. The summed E-state index contributed by atoms with van der Waals surface area (Å²) in [6.45, 7) is 1.17. The molecule has 0 radical (unpaired) electrons. The van der Waals surface area contributed by atoms with Gasteiger partial charge in [-0.2, -0.15) is 0 Å². The Hall–Kier alpha value is -0.770. The van der Waals surface area contributed by atoms with Crippen LogP contribution in [0.3, 0.4) is 0 Å². The number of hydrogen-bond acceptors (Lipinski definition) is 2. The van der Waals surface area contributed by atoms with Gasteiger partial charge in [0.1, 0.15) is 13.2 Å². The first-order chi connectivity index (χ1) is 4.42. The van der Waals surface area contributed by atoms with E-state index in [9.17, 15) is 4.79 Å². The third-order valence-corrected chi connectivity index (χ3v) is 1.01. The zero-order valence-electron chi connectivity index (χ0n) is 7.76. The molecule has 62 valence electrons. The molecule has 1 amide bonds. The summed E-state index contributed by atoms with van der Waals surface area (Å²) in [7, 11) is 6.05. The minimum absolute atomic E-state index is 0. The third-order valence-electron chi connectivity index (χ3n) is 1.01. The first-order valence-corrected chi connectivity index (χ1v) is 3.14. The number of carbonyl (C=O) groups is 1. The van der Waals surface area contributed by atoms with E-state index in [1.54, 1.807) is 0 Å². The molecule has 0 aromatic carbocycles. The van der Waals surface area contributed by atoms with Crippen LogP contribution in [0.15, 0.2) is 0 Å². The van der Waals surface area contributed by atoms with E-state index in [0.717, 1.165) is 11.0 Å². The highest BCUT2D eigenvalue weighted by atomic mass is 16.5. The molecular formula is C6H16N2O2. The van der Waals surface area contributed by atoms with Crippen molar-refractivity contribution in [3.05, 3.63) is 0 Å². The van der Waals surface area contributed by atoms with Gasteiger partial charge in [0.15, 0.2) is 0 Å². The van der Waals surface area contributed by atoms with Crippen molar-refractivity contribution in [3.63, 3.8) is 0 Å². The second-order valence-corrected chi connectivity index (χ2v) is 3.18. The summed E-state index contributed by atoms with van der Waals surface area (Å²) in [6.07, 6.45) is -0.701. The average Bonchev–Trinajstić information content (AvgIpc) is 1.59. The maximum atomic E-state index is 10.1. The summed E-state index contributed by atoms with van der Waals surface area (Å²) in [5.41, 5.74) is 4.75. The van der Waals surface area contributed by atoms with Crippen LogP contribution in [0, 0.1) is 0 Å². The van der Waals surface area contributed by atoms with Crippen molar-refractivity contribution in [1.29, 1.82) is 0 Å². The number of nitrogens with zero attached hydrogens (tertiary/aromatic N) is 1. The molecule has 0 aliphatic heterocycles. The van der Waals surface area contributed by atoms with Gasteiger partial charge in [0.05, 0.1) is 21.1 Å². The molecule has 0 unspecified atom stereocenters. The first-order valence-electron chi connectivity index (χ1n) is 3.14. The Kier molecular flexibility index (Phi) is 3.15. The van der Waals surface area contributed by atoms with Gasteiger partial charge < -0.3 is 16.4 Å². The smallest absolute Gasteiger partial charge is 0.404 e. The highest BCUT2D eigenvalue weighted by molar-refractivity contribution is 5.64. The van der Waals surface area contributed by atoms with E-state index in [0.29, 0.717) is 6.61 Å². The van der Waals surface area contributed by atoms with Gasteiger partial charge in [-0.05, 0) is 0 Å². The highest BCUT2D eigenvalue weighted by Gasteiger charge is 2.06. The Balaban J connectivity index is 0. The van der Waals surface area contributed by atoms with Gasteiger partial charge in [-0.1, -0.05) is 0 Å². The lowest BCUT2D eigenvalue weighted by Gasteiger charge is -2.22. The van der Waals surface area contributed by atoms with E-state index in [1.165, 1.54) is 0 Å². The van der Waals surface area contributed by atoms with Crippen molar-refractivity contribution < 1.29 is 15.4 Å². The third kappa shape index (κ3) is 7.23. The number of nitrogens with two attached hydrogens (primary N) is 1. The van der Waals surface area contributed by atoms with Crippen LogP contribution in [-0.2, 0) is 4.74 Å². The average molecular weight is 148 g/mol. The topological polar surface area (TPSA) is 52.3 Å². The molecule has 0 aromatic heterocycles. The van der Waals surface area contributed by atoms with Crippen LogP contribution in [-0.4, -0.2) is 44.9 Å². The van der Waals surface area contributed by atoms with Crippen molar-refractivity contribution in [2.75, 3.05) is 34.3 Å². The number of hydrogen-bond donors (Lipinski definition) is 1. The summed E-state index contributed by atoms with van der Waals surface area (Å²) >= 11 is 0. The van der Waals surface area contributed by atoms with Gasteiger partial charge in [0.2, 0.25) is 0 Å². The minimum Gasteiger partial charge on any atom is -1.00 e. The van der Waals surface area contributed by atoms with Gasteiger partial charge in [0, 0.05) is 0 Å². The molecular weight excluding hydrogens is 132 g/mol. The molecule has 0 atom stereocenters. The highest BCUT2D eigenvalue weighted by Crippen LogP contribution is 1.88. The Morgan fingerprint density at radius 2 is 2.10 bits per heavy atom. The van der Waals surface area contributed by atoms with Crippen LogP contribution in [0.1, 0.15) is 1.43 Å². The molecule has 0 fully saturated rings. The molecule has 0 rings (SSSR count). The normalized spacial score (nSPS) is 11.1. The van der Waals surface area contributed by atoms with Crippen LogP contribution in [0.2, 0.25) is 0 Å². The number of amides is 1. The zero-order valence-corrected chi connectivity index (χ0v) is 6.76. The van der Waals surface area contributed by atoms with E-state index in [2.05, 4.69) is 4.74 Å². The van der Waals surface area contributed by atoms with Gasteiger partial charge in [-0.25, -0.2) is 4.79 Å².